The van der Waals surface area contributed by atoms with Crippen LogP contribution in [0.4, 0.5) is 0 Å². The van der Waals surface area contributed by atoms with E-state index in [1.807, 2.05) is 11.8 Å². The normalized spacial score (nSPS) is 25.9. The smallest absolute Gasteiger partial charge is 0.0166 e. The third-order valence-corrected chi connectivity index (χ3v) is 4.57. The van der Waals surface area contributed by atoms with Crippen molar-refractivity contribution in [3.8, 4) is 0 Å². The molecule has 2 atom stereocenters. The van der Waals surface area contributed by atoms with Crippen LogP contribution in [0.5, 0.6) is 0 Å². The zero-order chi connectivity index (χ0) is 12.8. The van der Waals surface area contributed by atoms with E-state index < -0.39 is 0 Å². The van der Waals surface area contributed by atoms with Gasteiger partial charge in [0.05, 0.1) is 0 Å². The Bertz CT molecular complexity index is 342. The van der Waals surface area contributed by atoms with Crippen LogP contribution >= 0.6 is 11.8 Å². The highest BCUT2D eigenvalue weighted by Gasteiger charge is 2.19. The summed E-state index contributed by atoms with van der Waals surface area (Å²) in [7, 11) is 0. The molecule has 1 heterocycles. The summed E-state index contributed by atoms with van der Waals surface area (Å²) in [6.45, 7) is 8.16. The fraction of sp³-hybridized carbons (Fsp3) is 0.600. The molecule has 0 aromatic heterocycles. The Hall–Kier alpha value is -0.510. The van der Waals surface area contributed by atoms with Crippen LogP contribution in [-0.4, -0.2) is 42.4 Å². The lowest BCUT2D eigenvalue weighted by atomic mass is 10.2. The second kappa shape index (κ2) is 7.17. The molecule has 1 aliphatic rings. The summed E-state index contributed by atoms with van der Waals surface area (Å²) in [6, 6.07) is 12.0. The Kier molecular flexibility index (Phi) is 5.54. The van der Waals surface area contributed by atoms with E-state index in [9.17, 15) is 0 Å². The van der Waals surface area contributed by atoms with Crippen LogP contribution in [0.2, 0.25) is 0 Å². The van der Waals surface area contributed by atoms with Gasteiger partial charge in [-0.3, -0.25) is 4.90 Å². The van der Waals surface area contributed by atoms with Gasteiger partial charge in [-0.1, -0.05) is 18.2 Å². The molecule has 0 bridgehead atoms. The van der Waals surface area contributed by atoms with Crippen LogP contribution in [0.1, 0.15) is 20.3 Å². The minimum absolute atomic E-state index is 0.622. The lowest BCUT2D eigenvalue weighted by molar-refractivity contribution is 0.221. The van der Waals surface area contributed by atoms with Crippen molar-refractivity contribution in [1.82, 2.24) is 10.2 Å². The van der Waals surface area contributed by atoms with E-state index in [0.29, 0.717) is 12.1 Å². The number of rotatable bonds is 4. The summed E-state index contributed by atoms with van der Waals surface area (Å²) in [5, 5.41) is 3.56. The van der Waals surface area contributed by atoms with Gasteiger partial charge in [0.15, 0.2) is 0 Å². The van der Waals surface area contributed by atoms with Crippen molar-refractivity contribution < 1.29 is 0 Å². The van der Waals surface area contributed by atoms with Crippen molar-refractivity contribution in [2.45, 2.75) is 37.2 Å². The Balaban J connectivity index is 1.78. The zero-order valence-corrected chi connectivity index (χ0v) is 12.2. The van der Waals surface area contributed by atoms with Gasteiger partial charge in [-0.2, -0.15) is 0 Å². The van der Waals surface area contributed by atoms with Crippen LogP contribution in [0, 0.1) is 0 Å². The summed E-state index contributed by atoms with van der Waals surface area (Å²) in [5.74, 6) is 1.18. The Morgan fingerprint density at radius 3 is 2.83 bits per heavy atom. The van der Waals surface area contributed by atoms with Crippen LogP contribution in [-0.2, 0) is 0 Å². The summed E-state index contributed by atoms with van der Waals surface area (Å²) in [5.41, 5.74) is 0. The molecule has 0 spiro atoms. The molecule has 1 aliphatic heterocycles. The molecule has 3 heteroatoms. The first-order valence-corrected chi connectivity index (χ1v) is 7.89. The van der Waals surface area contributed by atoms with Gasteiger partial charge in [0.1, 0.15) is 0 Å². The molecule has 100 valence electrons. The standard InChI is InChI=1S/C15H24N2S/c1-13-12-17(14(2)8-9-16-13)10-11-18-15-6-4-3-5-7-15/h3-7,13-14,16H,8-12H2,1-2H3. The van der Waals surface area contributed by atoms with Gasteiger partial charge < -0.3 is 5.32 Å². The zero-order valence-electron chi connectivity index (χ0n) is 11.4. The quantitative estimate of drug-likeness (QED) is 0.842. The van der Waals surface area contributed by atoms with Crippen molar-refractivity contribution in [3.05, 3.63) is 30.3 Å². The molecule has 0 radical (unpaired) electrons. The molecule has 1 aromatic carbocycles. The molecule has 2 nitrogen and oxygen atoms in total. The predicted octanol–water partition coefficient (Wildman–Crippen LogP) is 2.85. The molecule has 2 rings (SSSR count). The van der Waals surface area contributed by atoms with Crippen molar-refractivity contribution in [2.24, 2.45) is 0 Å². The van der Waals surface area contributed by atoms with Crippen LogP contribution in [0.25, 0.3) is 0 Å². The summed E-state index contributed by atoms with van der Waals surface area (Å²) in [4.78, 5) is 4.01. The molecular formula is C15H24N2S. The van der Waals surface area contributed by atoms with Crippen LogP contribution in [0.15, 0.2) is 35.2 Å². The highest BCUT2D eigenvalue weighted by molar-refractivity contribution is 7.99. The molecule has 2 unspecified atom stereocenters. The van der Waals surface area contributed by atoms with Gasteiger partial charge in [0.2, 0.25) is 0 Å². The number of hydrogen-bond acceptors (Lipinski definition) is 3. The number of nitrogens with one attached hydrogen (secondary N) is 1. The van der Waals surface area contributed by atoms with Gasteiger partial charge in [-0.05, 0) is 38.9 Å². The Morgan fingerprint density at radius 1 is 1.28 bits per heavy atom. The fourth-order valence-corrected chi connectivity index (χ4v) is 3.34. The first kappa shape index (κ1) is 13.9. The first-order valence-electron chi connectivity index (χ1n) is 6.91. The topological polar surface area (TPSA) is 15.3 Å². The lowest BCUT2D eigenvalue weighted by Crippen LogP contribution is -2.39. The maximum Gasteiger partial charge on any atom is 0.0166 e. The minimum atomic E-state index is 0.622. The number of benzene rings is 1. The molecule has 0 aliphatic carbocycles. The second-order valence-corrected chi connectivity index (χ2v) is 6.32. The predicted molar refractivity (Wildman–Crippen MR) is 80.3 cm³/mol. The molecule has 1 aromatic rings. The molecule has 0 saturated carbocycles. The molecule has 0 amide bonds. The van der Waals surface area contributed by atoms with E-state index >= 15 is 0 Å². The third-order valence-electron chi connectivity index (χ3n) is 3.58. The SMILES string of the molecule is CC1CN(CCSc2ccccc2)C(C)CCN1. The average molecular weight is 264 g/mol. The fourth-order valence-electron chi connectivity index (χ4n) is 2.43. The maximum absolute atomic E-state index is 3.56. The van der Waals surface area contributed by atoms with Crippen molar-refractivity contribution >= 4 is 11.8 Å². The molecule has 1 fully saturated rings. The summed E-state index contributed by atoms with van der Waals surface area (Å²) >= 11 is 1.96. The van der Waals surface area contributed by atoms with Gasteiger partial charge in [-0.15, -0.1) is 11.8 Å². The van der Waals surface area contributed by atoms with E-state index in [-0.39, 0.29) is 0 Å². The number of nitrogens with zero attached hydrogens (tertiary/aromatic N) is 1. The van der Waals surface area contributed by atoms with Gasteiger partial charge in [0.25, 0.3) is 0 Å². The number of hydrogen-bond donors (Lipinski definition) is 1. The van der Waals surface area contributed by atoms with E-state index in [0.717, 1.165) is 6.54 Å². The van der Waals surface area contributed by atoms with E-state index in [1.165, 1.54) is 30.2 Å². The molecule has 1 N–H and O–H groups in total. The molecule has 1 saturated heterocycles. The third kappa shape index (κ3) is 4.30. The number of thioether (sulfide) groups is 1. The van der Waals surface area contributed by atoms with Crippen molar-refractivity contribution in [3.63, 3.8) is 0 Å². The van der Waals surface area contributed by atoms with E-state index in [1.54, 1.807) is 0 Å². The van der Waals surface area contributed by atoms with Gasteiger partial charge in [-0.25, -0.2) is 0 Å². The highest BCUT2D eigenvalue weighted by atomic mass is 32.2. The van der Waals surface area contributed by atoms with Crippen molar-refractivity contribution in [2.75, 3.05) is 25.4 Å². The second-order valence-electron chi connectivity index (χ2n) is 5.15. The Morgan fingerprint density at radius 2 is 2.06 bits per heavy atom. The highest BCUT2D eigenvalue weighted by Crippen LogP contribution is 2.18. The average Bonchev–Trinajstić information content (AvgIpc) is 2.53. The molecule has 18 heavy (non-hydrogen) atoms. The van der Waals surface area contributed by atoms with Crippen molar-refractivity contribution in [1.29, 1.82) is 0 Å². The largest absolute Gasteiger partial charge is 0.313 e. The lowest BCUT2D eigenvalue weighted by Gasteiger charge is -2.27. The van der Waals surface area contributed by atoms with Crippen LogP contribution in [0.3, 0.4) is 0 Å². The van der Waals surface area contributed by atoms with Crippen LogP contribution < -0.4 is 5.32 Å². The van der Waals surface area contributed by atoms with E-state index in [4.69, 9.17) is 0 Å². The van der Waals surface area contributed by atoms with E-state index in [2.05, 4.69) is 54.4 Å². The Labute approximate surface area is 115 Å². The maximum atomic E-state index is 3.56. The summed E-state index contributed by atoms with van der Waals surface area (Å²) < 4.78 is 0. The van der Waals surface area contributed by atoms with Gasteiger partial charge >= 0.3 is 0 Å². The minimum Gasteiger partial charge on any atom is -0.313 e. The monoisotopic (exact) mass is 264 g/mol. The molecular weight excluding hydrogens is 240 g/mol. The summed E-state index contributed by atoms with van der Waals surface area (Å²) in [6.07, 6.45) is 1.26. The van der Waals surface area contributed by atoms with Gasteiger partial charge in [0, 0.05) is 35.8 Å². The first-order chi connectivity index (χ1) is 8.75.